The zero-order valence-corrected chi connectivity index (χ0v) is 8.81. The molecule has 1 N–H and O–H groups in total. The Labute approximate surface area is 81.1 Å². The van der Waals surface area contributed by atoms with E-state index in [0.29, 0.717) is 6.04 Å². The maximum atomic E-state index is 10.8. The zero-order valence-electron chi connectivity index (χ0n) is 8.81. The van der Waals surface area contributed by atoms with Crippen molar-refractivity contribution in [2.75, 3.05) is 0 Å². The summed E-state index contributed by atoms with van der Waals surface area (Å²) in [5, 5.41) is 3.01. The molecule has 1 fully saturated rings. The maximum absolute atomic E-state index is 10.8. The van der Waals surface area contributed by atoms with E-state index in [1.54, 1.807) is 6.92 Å². The Morgan fingerprint density at radius 1 is 1.31 bits per heavy atom. The van der Waals surface area contributed by atoms with Gasteiger partial charge in [0.2, 0.25) is 5.91 Å². The molecule has 1 aliphatic rings. The van der Waals surface area contributed by atoms with E-state index in [1.807, 2.05) is 0 Å². The average molecular weight is 183 g/mol. The fourth-order valence-electron chi connectivity index (χ4n) is 2.29. The Morgan fingerprint density at radius 3 is 2.38 bits per heavy atom. The molecule has 0 radical (unpaired) electrons. The van der Waals surface area contributed by atoms with Gasteiger partial charge in [-0.3, -0.25) is 4.79 Å². The van der Waals surface area contributed by atoms with Crippen molar-refractivity contribution in [2.45, 2.75) is 58.4 Å². The third-order valence-corrected chi connectivity index (χ3v) is 2.95. The highest BCUT2D eigenvalue weighted by atomic mass is 16.1. The number of carbonyl (C=O) groups is 1. The minimum Gasteiger partial charge on any atom is -0.354 e. The minimum absolute atomic E-state index is 0.124. The first-order valence-corrected chi connectivity index (χ1v) is 5.49. The van der Waals surface area contributed by atoms with E-state index in [9.17, 15) is 4.79 Å². The predicted octanol–water partition coefficient (Wildman–Crippen LogP) is 2.48. The molecule has 1 aliphatic carbocycles. The number of amides is 1. The summed E-state index contributed by atoms with van der Waals surface area (Å²) in [6.07, 6.45) is 7.65. The van der Waals surface area contributed by atoms with Crippen molar-refractivity contribution >= 4 is 5.91 Å². The second-order valence-electron chi connectivity index (χ2n) is 4.21. The fourth-order valence-corrected chi connectivity index (χ4v) is 2.29. The molecule has 0 atom stereocenters. The van der Waals surface area contributed by atoms with Crippen LogP contribution in [0, 0.1) is 5.92 Å². The van der Waals surface area contributed by atoms with Gasteiger partial charge < -0.3 is 5.32 Å². The number of hydrogen-bond donors (Lipinski definition) is 1. The van der Waals surface area contributed by atoms with E-state index in [-0.39, 0.29) is 5.91 Å². The van der Waals surface area contributed by atoms with Gasteiger partial charge in [-0.15, -0.1) is 0 Å². The second kappa shape index (κ2) is 5.25. The molecule has 0 aromatic carbocycles. The smallest absolute Gasteiger partial charge is 0.217 e. The van der Waals surface area contributed by atoms with Crippen molar-refractivity contribution in [2.24, 2.45) is 5.92 Å². The van der Waals surface area contributed by atoms with Gasteiger partial charge in [0.15, 0.2) is 0 Å². The van der Waals surface area contributed by atoms with Crippen LogP contribution in [-0.4, -0.2) is 11.9 Å². The summed E-state index contributed by atoms with van der Waals surface area (Å²) in [5.74, 6) is 1.05. The van der Waals surface area contributed by atoms with Gasteiger partial charge in [0.1, 0.15) is 0 Å². The highest BCUT2D eigenvalue weighted by molar-refractivity contribution is 5.73. The molecule has 0 saturated heterocycles. The van der Waals surface area contributed by atoms with E-state index in [0.717, 1.165) is 5.92 Å². The summed E-state index contributed by atoms with van der Waals surface area (Å²) in [6, 6.07) is 0.464. The Morgan fingerprint density at radius 2 is 1.92 bits per heavy atom. The Bertz CT molecular complexity index is 159. The Balaban J connectivity index is 2.18. The molecule has 13 heavy (non-hydrogen) atoms. The lowest BCUT2D eigenvalue weighted by Crippen LogP contribution is -2.36. The predicted molar refractivity (Wildman–Crippen MR) is 54.5 cm³/mol. The van der Waals surface area contributed by atoms with Crippen LogP contribution in [0.1, 0.15) is 52.4 Å². The van der Waals surface area contributed by atoms with Crippen molar-refractivity contribution in [3.63, 3.8) is 0 Å². The molecule has 1 rings (SSSR count). The molecule has 1 saturated carbocycles. The first-order chi connectivity index (χ1) is 6.22. The van der Waals surface area contributed by atoms with Crippen molar-refractivity contribution in [1.82, 2.24) is 5.32 Å². The molecule has 0 aromatic rings. The molecule has 0 spiro atoms. The van der Waals surface area contributed by atoms with Crippen LogP contribution in [0.3, 0.4) is 0 Å². The largest absolute Gasteiger partial charge is 0.354 e. The molecule has 0 heterocycles. The van der Waals surface area contributed by atoms with Crippen molar-refractivity contribution in [3.8, 4) is 0 Å². The van der Waals surface area contributed by atoms with E-state index >= 15 is 0 Å². The monoisotopic (exact) mass is 183 g/mol. The second-order valence-corrected chi connectivity index (χ2v) is 4.21. The van der Waals surface area contributed by atoms with Gasteiger partial charge in [-0.05, 0) is 31.6 Å². The highest BCUT2D eigenvalue weighted by Crippen LogP contribution is 2.27. The summed E-state index contributed by atoms with van der Waals surface area (Å²) < 4.78 is 0. The van der Waals surface area contributed by atoms with Gasteiger partial charge in [0, 0.05) is 13.0 Å². The summed E-state index contributed by atoms with van der Waals surface area (Å²) >= 11 is 0. The first-order valence-electron chi connectivity index (χ1n) is 5.49. The maximum Gasteiger partial charge on any atom is 0.217 e. The minimum atomic E-state index is 0.124. The summed E-state index contributed by atoms with van der Waals surface area (Å²) in [6.45, 7) is 3.86. The Hall–Kier alpha value is -0.530. The lowest BCUT2D eigenvalue weighted by atomic mass is 9.83. The van der Waals surface area contributed by atoms with Gasteiger partial charge >= 0.3 is 0 Å². The molecule has 0 unspecified atom stereocenters. The van der Waals surface area contributed by atoms with Gasteiger partial charge in [-0.1, -0.05) is 19.8 Å². The van der Waals surface area contributed by atoms with Gasteiger partial charge in [0.05, 0.1) is 0 Å². The van der Waals surface area contributed by atoms with Crippen LogP contribution in [0.2, 0.25) is 0 Å². The molecule has 0 aromatic heterocycles. The number of rotatable bonds is 3. The third-order valence-electron chi connectivity index (χ3n) is 2.95. The van der Waals surface area contributed by atoms with Crippen LogP contribution in [0.5, 0.6) is 0 Å². The Kier molecular flexibility index (Phi) is 4.26. The molecule has 76 valence electrons. The lowest BCUT2D eigenvalue weighted by Gasteiger charge is -2.28. The van der Waals surface area contributed by atoms with Crippen molar-refractivity contribution in [3.05, 3.63) is 0 Å². The lowest BCUT2D eigenvalue weighted by molar-refractivity contribution is -0.119. The normalized spacial score (nSPS) is 28.5. The molecule has 2 nitrogen and oxygen atoms in total. The summed E-state index contributed by atoms with van der Waals surface area (Å²) in [7, 11) is 0. The van der Waals surface area contributed by atoms with E-state index in [4.69, 9.17) is 0 Å². The van der Waals surface area contributed by atoms with Crippen LogP contribution in [0.15, 0.2) is 0 Å². The quantitative estimate of drug-likeness (QED) is 0.715. The molecule has 0 aliphatic heterocycles. The molecular formula is C11H21NO. The van der Waals surface area contributed by atoms with Crippen molar-refractivity contribution in [1.29, 1.82) is 0 Å². The van der Waals surface area contributed by atoms with E-state index in [2.05, 4.69) is 12.2 Å². The standard InChI is InChI=1S/C11H21NO/c1-3-4-10-5-7-11(8-6-10)12-9(2)13/h10-11H,3-8H2,1-2H3,(H,12,13). The highest BCUT2D eigenvalue weighted by Gasteiger charge is 2.20. The van der Waals surface area contributed by atoms with Crippen LogP contribution in [-0.2, 0) is 4.79 Å². The van der Waals surface area contributed by atoms with E-state index in [1.165, 1.54) is 38.5 Å². The summed E-state index contributed by atoms with van der Waals surface area (Å²) in [5.41, 5.74) is 0. The third kappa shape index (κ3) is 3.79. The molecule has 0 bridgehead atoms. The topological polar surface area (TPSA) is 29.1 Å². The van der Waals surface area contributed by atoms with Crippen LogP contribution >= 0.6 is 0 Å². The molecule has 1 amide bonds. The number of carbonyl (C=O) groups excluding carboxylic acids is 1. The number of hydrogen-bond acceptors (Lipinski definition) is 1. The average Bonchev–Trinajstić information content (AvgIpc) is 2.08. The van der Waals surface area contributed by atoms with Gasteiger partial charge in [-0.2, -0.15) is 0 Å². The zero-order chi connectivity index (χ0) is 9.68. The van der Waals surface area contributed by atoms with Crippen molar-refractivity contribution < 1.29 is 4.79 Å². The van der Waals surface area contributed by atoms with Gasteiger partial charge in [0.25, 0.3) is 0 Å². The summed E-state index contributed by atoms with van der Waals surface area (Å²) in [4.78, 5) is 10.8. The first kappa shape index (κ1) is 10.6. The van der Waals surface area contributed by atoms with Crippen LogP contribution in [0.4, 0.5) is 0 Å². The van der Waals surface area contributed by atoms with E-state index < -0.39 is 0 Å². The molecule has 2 heteroatoms. The fraction of sp³-hybridized carbons (Fsp3) is 0.909. The molecular weight excluding hydrogens is 162 g/mol. The van der Waals surface area contributed by atoms with Crippen LogP contribution in [0.25, 0.3) is 0 Å². The van der Waals surface area contributed by atoms with Crippen LogP contribution < -0.4 is 5.32 Å². The number of nitrogens with one attached hydrogen (secondary N) is 1. The SMILES string of the molecule is CCCC1CCC(NC(C)=O)CC1. The van der Waals surface area contributed by atoms with Gasteiger partial charge in [-0.25, -0.2) is 0 Å².